The highest BCUT2D eigenvalue weighted by molar-refractivity contribution is 9.10. The van der Waals surface area contributed by atoms with E-state index in [4.69, 9.17) is 0 Å². The molecule has 0 aliphatic heterocycles. The van der Waals surface area contributed by atoms with Crippen LogP contribution in [0.5, 0.6) is 0 Å². The Balaban J connectivity index is 2.47. The molecule has 0 aliphatic carbocycles. The zero-order valence-electron chi connectivity index (χ0n) is 11.7. The van der Waals surface area contributed by atoms with Gasteiger partial charge in [-0.25, -0.2) is 12.8 Å². The van der Waals surface area contributed by atoms with Crippen molar-refractivity contribution in [3.05, 3.63) is 57.8 Å². The van der Waals surface area contributed by atoms with Gasteiger partial charge >= 0.3 is 0 Å². The van der Waals surface area contributed by atoms with Crippen LogP contribution in [0.1, 0.15) is 18.1 Å². The van der Waals surface area contributed by atoms with Gasteiger partial charge in [-0.3, -0.25) is 4.72 Å². The van der Waals surface area contributed by atoms with Gasteiger partial charge in [0.15, 0.2) is 0 Å². The zero-order chi connectivity index (χ0) is 15.6. The average Bonchev–Trinajstić information content (AvgIpc) is 2.40. The monoisotopic (exact) mass is 371 g/mol. The normalized spacial score (nSPS) is 11.4. The third-order valence-electron chi connectivity index (χ3n) is 3.16. The molecule has 3 nitrogen and oxygen atoms in total. The molecule has 2 aromatic rings. The van der Waals surface area contributed by atoms with Gasteiger partial charge in [-0.05, 0) is 58.6 Å². The fourth-order valence-corrected chi connectivity index (χ4v) is 4.28. The lowest BCUT2D eigenvalue weighted by Crippen LogP contribution is -2.15. The van der Waals surface area contributed by atoms with Gasteiger partial charge in [-0.2, -0.15) is 0 Å². The molecule has 2 rings (SSSR count). The number of hydrogen-bond acceptors (Lipinski definition) is 2. The van der Waals surface area contributed by atoms with E-state index >= 15 is 0 Å². The van der Waals surface area contributed by atoms with Gasteiger partial charge in [0.2, 0.25) is 0 Å². The first-order valence-electron chi connectivity index (χ1n) is 6.41. The van der Waals surface area contributed by atoms with Crippen molar-refractivity contribution >= 4 is 31.6 Å². The van der Waals surface area contributed by atoms with E-state index in [0.717, 1.165) is 23.3 Å². The highest BCUT2D eigenvalue weighted by Crippen LogP contribution is 2.28. The van der Waals surface area contributed by atoms with Crippen LogP contribution in [0.3, 0.4) is 0 Å². The van der Waals surface area contributed by atoms with E-state index in [9.17, 15) is 12.8 Å². The Kier molecular flexibility index (Phi) is 4.68. The first kappa shape index (κ1) is 16.0. The summed E-state index contributed by atoms with van der Waals surface area (Å²) in [6.45, 7) is 3.80. The topological polar surface area (TPSA) is 46.2 Å². The second kappa shape index (κ2) is 6.15. The summed E-state index contributed by atoms with van der Waals surface area (Å²) in [6, 6.07) is 9.11. The maximum atomic E-state index is 13.1. The van der Waals surface area contributed by atoms with Gasteiger partial charge in [0.25, 0.3) is 10.0 Å². The molecule has 0 amide bonds. The maximum absolute atomic E-state index is 13.1. The summed E-state index contributed by atoms with van der Waals surface area (Å²) in [6.07, 6.45) is 0.712. The molecule has 0 unspecified atom stereocenters. The molecular formula is C15H15BrFNO2S. The zero-order valence-corrected chi connectivity index (χ0v) is 14.1. The summed E-state index contributed by atoms with van der Waals surface area (Å²) >= 11 is 3.09. The number of sulfonamides is 1. The Morgan fingerprint density at radius 1 is 1.24 bits per heavy atom. The van der Waals surface area contributed by atoms with Crippen LogP contribution in [-0.2, 0) is 16.4 Å². The molecule has 0 aliphatic rings. The number of anilines is 1. The van der Waals surface area contributed by atoms with E-state index in [1.54, 1.807) is 0 Å². The third-order valence-corrected chi connectivity index (χ3v) is 5.49. The minimum Gasteiger partial charge on any atom is -0.279 e. The quantitative estimate of drug-likeness (QED) is 0.872. The molecule has 0 atom stereocenters. The number of aryl methyl sites for hydroxylation is 2. The Morgan fingerprint density at radius 2 is 1.95 bits per heavy atom. The van der Waals surface area contributed by atoms with Gasteiger partial charge in [-0.15, -0.1) is 0 Å². The number of rotatable bonds is 4. The molecule has 6 heteroatoms. The molecule has 21 heavy (non-hydrogen) atoms. The van der Waals surface area contributed by atoms with Crippen LogP contribution in [0, 0.1) is 12.7 Å². The molecule has 0 saturated heterocycles. The van der Waals surface area contributed by atoms with Crippen LogP contribution in [0.15, 0.2) is 45.8 Å². The van der Waals surface area contributed by atoms with Gasteiger partial charge in [0, 0.05) is 4.47 Å². The second-order valence-electron chi connectivity index (χ2n) is 4.64. The number of hydrogen-bond donors (Lipinski definition) is 1. The Bertz CT molecular complexity index is 775. The smallest absolute Gasteiger partial charge is 0.263 e. The van der Waals surface area contributed by atoms with Gasteiger partial charge in [0.1, 0.15) is 10.7 Å². The van der Waals surface area contributed by atoms with Crippen molar-refractivity contribution in [2.45, 2.75) is 25.2 Å². The van der Waals surface area contributed by atoms with E-state index in [1.807, 2.05) is 32.0 Å². The molecule has 0 radical (unpaired) electrons. The molecule has 0 aromatic heterocycles. The number of para-hydroxylation sites is 1. The first-order chi connectivity index (χ1) is 9.85. The third kappa shape index (κ3) is 3.44. The number of nitrogens with one attached hydrogen (secondary N) is 1. The van der Waals surface area contributed by atoms with Crippen LogP contribution in [0.4, 0.5) is 10.1 Å². The predicted molar refractivity (Wildman–Crippen MR) is 85.5 cm³/mol. The highest BCUT2D eigenvalue weighted by atomic mass is 79.9. The molecule has 0 saturated carbocycles. The largest absolute Gasteiger partial charge is 0.279 e. The van der Waals surface area contributed by atoms with Crippen LogP contribution in [0.2, 0.25) is 0 Å². The standard InChI is InChI=1S/C15H15BrFNO2S/c1-3-11-6-4-5-10(2)15(11)18-21(19,20)14-8-7-12(17)9-13(14)16/h4-9,18H,3H2,1-2H3. The van der Waals surface area contributed by atoms with E-state index in [-0.39, 0.29) is 9.37 Å². The maximum Gasteiger partial charge on any atom is 0.263 e. The number of benzene rings is 2. The SMILES string of the molecule is CCc1cccc(C)c1NS(=O)(=O)c1ccc(F)cc1Br. The van der Waals surface area contributed by atoms with Gasteiger partial charge in [-0.1, -0.05) is 25.1 Å². The Hall–Kier alpha value is -1.40. The van der Waals surface area contributed by atoms with E-state index in [2.05, 4.69) is 20.7 Å². The summed E-state index contributed by atoms with van der Waals surface area (Å²) in [7, 11) is -3.78. The summed E-state index contributed by atoms with van der Waals surface area (Å²) in [4.78, 5) is 0.00852. The van der Waals surface area contributed by atoms with Crippen molar-refractivity contribution in [1.29, 1.82) is 0 Å². The lowest BCUT2D eigenvalue weighted by Gasteiger charge is -2.15. The van der Waals surface area contributed by atoms with Crippen molar-refractivity contribution in [1.82, 2.24) is 0 Å². The number of halogens is 2. The molecule has 0 spiro atoms. The van der Waals surface area contributed by atoms with Crippen molar-refractivity contribution < 1.29 is 12.8 Å². The van der Waals surface area contributed by atoms with E-state index in [1.165, 1.54) is 6.07 Å². The first-order valence-corrected chi connectivity index (χ1v) is 8.69. The minimum absolute atomic E-state index is 0.00852. The van der Waals surface area contributed by atoms with Crippen molar-refractivity contribution in [2.24, 2.45) is 0 Å². The fourth-order valence-electron chi connectivity index (χ4n) is 2.05. The van der Waals surface area contributed by atoms with Crippen LogP contribution >= 0.6 is 15.9 Å². The van der Waals surface area contributed by atoms with E-state index < -0.39 is 15.8 Å². The summed E-state index contributed by atoms with van der Waals surface area (Å²) in [5.41, 5.74) is 2.34. The summed E-state index contributed by atoms with van der Waals surface area (Å²) < 4.78 is 40.9. The lowest BCUT2D eigenvalue weighted by atomic mass is 10.1. The van der Waals surface area contributed by atoms with Crippen molar-refractivity contribution in [3.8, 4) is 0 Å². The average molecular weight is 372 g/mol. The van der Waals surface area contributed by atoms with Crippen LogP contribution in [0.25, 0.3) is 0 Å². The van der Waals surface area contributed by atoms with Gasteiger partial charge in [0.05, 0.1) is 5.69 Å². The molecule has 0 bridgehead atoms. The summed E-state index contributed by atoms with van der Waals surface area (Å²) in [5, 5.41) is 0. The van der Waals surface area contributed by atoms with Gasteiger partial charge < -0.3 is 0 Å². The molecule has 1 N–H and O–H groups in total. The van der Waals surface area contributed by atoms with Crippen LogP contribution in [-0.4, -0.2) is 8.42 Å². The van der Waals surface area contributed by atoms with E-state index in [0.29, 0.717) is 12.1 Å². The minimum atomic E-state index is -3.78. The Labute approximate surface area is 132 Å². The van der Waals surface area contributed by atoms with Crippen molar-refractivity contribution in [2.75, 3.05) is 4.72 Å². The second-order valence-corrected chi connectivity index (χ2v) is 7.15. The molecule has 112 valence electrons. The molecule has 0 heterocycles. The van der Waals surface area contributed by atoms with Crippen molar-refractivity contribution in [3.63, 3.8) is 0 Å². The molecular weight excluding hydrogens is 357 g/mol. The summed E-state index contributed by atoms with van der Waals surface area (Å²) in [5.74, 6) is -0.494. The molecule has 2 aromatic carbocycles. The highest BCUT2D eigenvalue weighted by Gasteiger charge is 2.20. The Morgan fingerprint density at radius 3 is 2.57 bits per heavy atom. The fraction of sp³-hybridized carbons (Fsp3) is 0.200. The predicted octanol–water partition coefficient (Wildman–Crippen LogP) is 4.26. The van der Waals surface area contributed by atoms with Crippen LogP contribution < -0.4 is 4.72 Å². The lowest BCUT2D eigenvalue weighted by molar-refractivity contribution is 0.598. The molecule has 0 fully saturated rings.